The Labute approximate surface area is 183 Å². The Bertz CT molecular complexity index is 1350. The van der Waals surface area contributed by atoms with Crippen molar-refractivity contribution in [1.82, 2.24) is 15.0 Å². The minimum atomic E-state index is -0.439. The number of halogens is 1. The summed E-state index contributed by atoms with van der Waals surface area (Å²) in [4.78, 5) is 18.9. The van der Waals surface area contributed by atoms with Crippen LogP contribution in [0.5, 0.6) is 5.75 Å². The predicted octanol–water partition coefficient (Wildman–Crippen LogP) is 4.38. The van der Waals surface area contributed by atoms with Crippen LogP contribution in [0, 0.1) is 12.7 Å². The molecule has 0 spiro atoms. The highest BCUT2D eigenvalue weighted by Gasteiger charge is 2.27. The fraction of sp³-hybridized carbons (Fsp3) is 0.292. The maximum Gasteiger partial charge on any atom is 0.336 e. The zero-order valence-electron chi connectivity index (χ0n) is 17.5. The molecule has 1 N–H and O–H groups in total. The summed E-state index contributed by atoms with van der Waals surface area (Å²) in [6.45, 7) is 3.87. The van der Waals surface area contributed by atoms with E-state index in [-0.39, 0.29) is 17.5 Å². The van der Waals surface area contributed by atoms with Crippen LogP contribution < -0.4 is 5.63 Å². The molecule has 7 nitrogen and oxygen atoms in total. The van der Waals surface area contributed by atoms with E-state index < -0.39 is 5.63 Å². The van der Waals surface area contributed by atoms with E-state index in [9.17, 15) is 14.3 Å². The largest absolute Gasteiger partial charge is 0.508 e. The molecule has 32 heavy (non-hydrogen) atoms. The highest BCUT2D eigenvalue weighted by Crippen LogP contribution is 2.31. The van der Waals surface area contributed by atoms with Crippen LogP contribution in [0.3, 0.4) is 0 Å². The van der Waals surface area contributed by atoms with Gasteiger partial charge < -0.3 is 14.0 Å². The van der Waals surface area contributed by atoms with Crippen LogP contribution >= 0.6 is 0 Å². The predicted molar refractivity (Wildman–Crippen MR) is 116 cm³/mol. The Balaban J connectivity index is 1.38. The number of nitrogens with zero attached hydrogens (tertiary/aromatic N) is 3. The third-order valence-electron chi connectivity index (χ3n) is 5.99. The number of rotatable bonds is 4. The SMILES string of the molecule is Cc1c(O)ccc2c(CN3CCCC(c4nc(-c5cccc(F)c5)no4)C3)cc(=O)oc12. The fourth-order valence-corrected chi connectivity index (χ4v) is 4.33. The number of likely N-dealkylation sites (tertiary alicyclic amines) is 1. The molecule has 164 valence electrons. The van der Waals surface area contributed by atoms with Crippen molar-refractivity contribution in [2.45, 2.75) is 32.2 Å². The highest BCUT2D eigenvalue weighted by atomic mass is 19.1. The van der Waals surface area contributed by atoms with Gasteiger partial charge in [-0.3, -0.25) is 4.90 Å². The molecule has 5 rings (SSSR count). The highest BCUT2D eigenvalue weighted by molar-refractivity contribution is 5.84. The lowest BCUT2D eigenvalue weighted by Crippen LogP contribution is -2.34. The van der Waals surface area contributed by atoms with E-state index in [0.29, 0.717) is 41.5 Å². The third kappa shape index (κ3) is 3.89. The van der Waals surface area contributed by atoms with E-state index in [1.807, 2.05) is 0 Å². The summed E-state index contributed by atoms with van der Waals surface area (Å²) >= 11 is 0. The standard InChI is InChI=1S/C24H22FN3O4/c1-14-20(29)8-7-19-17(11-21(30)31-22(14)19)13-28-9-3-5-16(12-28)24-26-23(27-32-24)15-4-2-6-18(25)10-15/h2,4,6-8,10-11,16,29H,3,5,9,12-13H2,1H3. The summed E-state index contributed by atoms with van der Waals surface area (Å²) in [5.41, 5.74) is 1.96. The number of phenols is 1. The molecule has 4 aromatic rings. The monoisotopic (exact) mass is 435 g/mol. The number of benzene rings is 2. The zero-order chi connectivity index (χ0) is 22.2. The number of fused-ring (bicyclic) bond motifs is 1. The summed E-state index contributed by atoms with van der Waals surface area (Å²) in [5.74, 6) is 0.712. The van der Waals surface area contributed by atoms with Crippen LogP contribution in [0.15, 0.2) is 56.2 Å². The molecule has 1 aliphatic rings. The molecule has 1 fully saturated rings. The van der Waals surface area contributed by atoms with Gasteiger partial charge in [0.25, 0.3) is 0 Å². The number of aromatic hydroxyl groups is 1. The van der Waals surface area contributed by atoms with Gasteiger partial charge in [-0.15, -0.1) is 0 Å². The summed E-state index contributed by atoms with van der Waals surface area (Å²) in [6.07, 6.45) is 1.85. The van der Waals surface area contributed by atoms with Gasteiger partial charge in [-0.2, -0.15) is 4.98 Å². The van der Waals surface area contributed by atoms with Gasteiger partial charge in [-0.05, 0) is 56.1 Å². The Morgan fingerprint density at radius 2 is 2.12 bits per heavy atom. The Morgan fingerprint density at radius 3 is 2.97 bits per heavy atom. The Hall–Kier alpha value is -3.52. The van der Waals surface area contributed by atoms with E-state index >= 15 is 0 Å². The summed E-state index contributed by atoms with van der Waals surface area (Å²) in [7, 11) is 0. The Morgan fingerprint density at radius 1 is 1.25 bits per heavy atom. The number of hydrogen-bond donors (Lipinski definition) is 1. The zero-order valence-corrected chi connectivity index (χ0v) is 17.5. The molecule has 3 heterocycles. The minimum Gasteiger partial charge on any atom is -0.508 e. The van der Waals surface area contributed by atoms with E-state index in [4.69, 9.17) is 8.94 Å². The van der Waals surface area contributed by atoms with Crippen LogP contribution in [0.4, 0.5) is 4.39 Å². The second-order valence-corrected chi connectivity index (χ2v) is 8.22. The normalized spacial score (nSPS) is 17.1. The molecule has 8 heteroatoms. The van der Waals surface area contributed by atoms with Gasteiger partial charge in [0.1, 0.15) is 17.1 Å². The smallest absolute Gasteiger partial charge is 0.336 e. The first-order valence-corrected chi connectivity index (χ1v) is 10.5. The van der Waals surface area contributed by atoms with Crippen molar-refractivity contribution in [2.24, 2.45) is 0 Å². The summed E-state index contributed by atoms with van der Waals surface area (Å²) in [6, 6.07) is 11.0. The van der Waals surface area contributed by atoms with Crippen molar-refractivity contribution in [1.29, 1.82) is 0 Å². The van der Waals surface area contributed by atoms with E-state index in [1.165, 1.54) is 18.2 Å². The molecule has 1 saturated heterocycles. The first kappa shape index (κ1) is 20.4. The number of hydrogen-bond acceptors (Lipinski definition) is 7. The molecule has 0 saturated carbocycles. The van der Waals surface area contributed by atoms with Crippen LogP contribution in [0.25, 0.3) is 22.4 Å². The van der Waals surface area contributed by atoms with Crippen molar-refractivity contribution in [3.8, 4) is 17.1 Å². The first-order chi connectivity index (χ1) is 15.5. The lowest BCUT2D eigenvalue weighted by molar-refractivity contribution is 0.180. The number of phenolic OH excluding ortho intramolecular Hbond substituents is 1. The molecule has 1 unspecified atom stereocenters. The van der Waals surface area contributed by atoms with Crippen molar-refractivity contribution < 1.29 is 18.4 Å². The van der Waals surface area contributed by atoms with E-state index in [1.54, 1.807) is 31.2 Å². The average molecular weight is 435 g/mol. The molecular weight excluding hydrogens is 413 g/mol. The van der Waals surface area contributed by atoms with Crippen LogP contribution in [-0.4, -0.2) is 33.2 Å². The number of aromatic nitrogens is 2. The molecule has 0 amide bonds. The van der Waals surface area contributed by atoms with Crippen molar-refractivity contribution in [3.63, 3.8) is 0 Å². The van der Waals surface area contributed by atoms with Crippen LogP contribution in [0.2, 0.25) is 0 Å². The quantitative estimate of drug-likeness (QED) is 0.476. The maximum atomic E-state index is 13.5. The van der Waals surface area contributed by atoms with Gasteiger partial charge >= 0.3 is 5.63 Å². The molecule has 1 aliphatic heterocycles. The molecule has 2 aromatic heterocycles. The third-order valence-corrected chi connectivity index (χ3v) is 5.99. The van der Waals surface area contributed by atoms with Crippen LogP contribution in [0.1, 0.15) is 35.8 Å². The second-order valence-electron chi connectivity index (χ2n) is 8.22. The summed E-state index contributed by atoms with van der Waals surface area (Å²) in [5, 5.41) is 14.8. The number of aryl methyl sites for hydroxylation is 1. The number of piperidine rings is 1. The molecule has 2 aromatic carbocycles. The van der Waals surface area contributed by atoms with Gasteiger partial charge in [0.2, 0.25) is 11.7 Å². The summed E-state index contributed by atoms with van der Waals surface area (Å²) < 4.78 is 24.4. The lowest BCUT2D eigenvalue weighted by Gasteiger charge is -2.31. The van der Waals surface area contributed by atoms with Gasteiger partial charge in [0, 0.05) is 35.7 Å². The van der Waals surface area contributed by atoms with E-state index in [0.717, 1.165) is 30.3 Å². The van der Waals surface area contributed by atoms with Gasteiger partial charge in [-0.1, -0.05) is 17.3 Å². The van der Waals surface area contributed by atoms with Crippen molar-refractivity contribution >= 4 is 11.0 Å². The Kier molecular flexibility index (Phi) is 5.22. The molecule has 0 aliphatic carbocycles. The average Bonchev–Trinajstić information content (AvgIpc) is 3.27. The van der Waals surface area contributed by atoms with Gasteiger partial charge in [0.15, 0.2) is 0 Å². The minimum absolute atomic E-state index is 0.0516. The first-order valence-electron chi connectivity index (χ1n) is 10.5. The lowest BCUT2D eigenvalue weighted by atomic mass is 9.97. The molecular formula is C24H22FN3O4. The van der Waals surface area contributed by atoms with E-state index in [2.05, 4.69) is 15.0 Å². The van der Waals surface area contributed by atoms with Crippen LogP contribution in [-0.2, 0) is 6.54 Å². The molecule has 1 atom stereocenters. The van der Waals surface area contributed by atoms with Gasteiger partial charge in [-0.25, -0.2) is 9.18 Å². The van der Waals surface area contributed by atoms with Crippen molar-refractivity contribution in [2.75, 3.05) is 13.1 Å². The molecule has 0 bridgehead atoms. The topological polar surface area (TPSA) is 92.6 Å². The second kappa shape index (κ2) is 8.20. The maximum absolute atomic E-state index is 13.5. The van der Waals surface area contributed by atoms with Crippen molar-refractivity contribution in [3.05, 3.63) is 75.7 Å². The fourth-order valence-electron chi connectivity index (χ4n) is 4.33. The van der Waals surface area contributed by atoms with Gasteiger partial charge in [0.05, 0.1) is 5.92 Å². The molecule has 0 radical (unpaired) electrons.